The Hall–Kier alpha value is -2.67. The van der Waals surface area contributed by atoms with Crippen molar-refractivity contribution in [1.82, 2.24) is 24.3 Å². The fourth-order valence-corrected chi connectivity index (χ4v) is 4.98. The lowest BCUT2D eigenvalue weighted by molar-refractivity contribution is 0.274. The molecule has 0 spiro atoms. The molecule has 4 aromatic rings. The van der Waals surface area contributed by atoms with Crippen molar-refractivity contribution in [2.75, 3.05) is 0 Å². The monoisotopic (exact) mass is 465 g/mol. The third kappa shape index (κ3) is 3.12. The summed E-state index contributed by atoms with van der Waals surface area (Å²) < 4.78 is 4.64. The maximum Gasteiger partial charge on any atom is 0.279 e. The van der Waals surface area contributed by atoms with Gasteiger partial charge in [0.2, 0.25) is 0 Å². The Bertz CT molecular complexity index is 1280. The minimum atomic E-state index is -0.0381. The molecule has 7 heteroatoms. The number of rotatable bonds is 5. The lowest BCUT2D eigenvalue weighted by Gasteiger charge is -2.33. The second-order valence-electron chi connectivity index (χ2n) is 8.15. The van der Waals surface area contributed by atoms with Crippen LogP contribution < -0.4 is 5.56 Å². The van der Waals surface area contributed by atoms with E-state index in [0.717, 1.165) is 33.5 Å². The first-order valence-electron chi connectivity index (χ1n) is 10.4. The van der Waals surface area contributed by atoms with E-state index in [1.165, 1.54) is 24.8 Å². The van der Waals surface area contributed by atoms with Gasteiger partial charge >= 0.3 is 0 Å². The van der Waals surface area contributed by atoms with E-state index in [4.69, 9.17) is 0 Å². The summed E-state index contributed by atoms with van der Waals surface area (Å²) in [5.74, 6) is 1.73. The molecule has 6 nitrogen and oxygen atoms in total. The molecule has 1 aliphatic rings. The predicted octanol–water partition coefficient (Wildman–Crippen LogP) is 4.70. The van der Waals surface area contributed by atoms with Gasteiger partial charge in [-0.25, -0.2) is 0 Å². The Labute approximate surface area is 183 Å². The van der Waals surface area contributed by atoms with Crippen LogP contribution >= 0.6 is 15.9 Å². The smallest absolute Gasteiger partial charge is 0.279 e. The molecule has 1 unspecified atom stereocenters. The lowest BCUT2D eigenvalue weighted by Crippen LogP contribution is -2.24. The van der Waals surface area contributed by atoms with E-state index in [2.05, 4.69) is 50.2 Å². The first-order chi connectivity index (χ1) is 14.6. The highest BCUT2D eigenvalue weighted by Gasteiger charge is 2.33. The molecule has 30 heavy (non-hydrogen) atoms. The molecule has 3 aromatic heterocycles. The Kier molecular flexibility index (Phi) is 4.85. The van der Waals surface area contributed by atoms with Gasteiger partial charge in [-0.2, -0.15) is 0 Å². The molecule has 0 aliphatic heterocycles. The van der Waals surface area contributed by atoms with Crippen molar-refractivity contribution < 1.29 is 0 Å². The van der Waals surface area contributed by atoms with Crippen molar-refractivity contribution in [1.29, 1.82) is 0 Å². The van der Waals surface area contributed by atoms with Crippen LogP contribution in [0.3, 0.4) is 0 Å². The maximum absolute atomic E-state index is 13.3. The molecule has 0 radical (unpaired) electrons. The Balaban J connectivity index is 1.64. The minimum absolute atomic E-state index is 0.0381. The summed E-state index contributed by atoms with van der Waals surface area (Å²) >= 11 is 3.65. The molecular formula is C23H24BrN5O. The zero-order valence-corrected chi connectivity index (χ0v) is 18.7. The molecule has 1 saturated carbocycles. The van der Waals surface area contributed by atoms with Gasteiger partial charge in [-0.3, -0.25) is 9.36 Å². The highest BCUT2D eigenvalue weighted by Crippen LogP contribution is 2.42. The van der Waals surface area contributed by atoms with Crippen LogP contribution in [0.5, 0.6) is 0 Å². The topological polar surface area (TPSA) is 68.5 Å². The molecule has 0 amide bonds. The molecule has 1 N–H and O–H groups in total. The normalized spacial score (nSPS) is 15.4. The van der Waals surface area contributed by atoms with Crippen molar-refractivity contribution in [3.63, 3.8) is 0 Å². The molecule has 1 aromatic carbocycles. The minimum Gasteiger partial charge on any atom is -0.354 e. The Morgan fingerprint density at radius 2 is 2.13 bits per heavy atom. The van der Waals surface area contributed by atoms with Crippen LogP contribution in [0.15, 0.2) is 52.1 Å². The number of aryl methyl sites for hydroxylation is 2. The Morgan fingerprint density at radius 3 is 2.80 bits per heavy atom. The lowest BCUT2D eigenvalue weighted by atomic mass is 9.72. The number of aromatic amines is 1. The largest absolute Gasteiger partial charge is 0.354 e. The van der Waals surface area contributed by atoms with E-state index in [1.807, 2.05) is 36.0 Å². The molecule has 0 saturated heterocycles. The van der Waals surface area contributed by atoms with Crippen LogP contribution in [0, 0.1) is 5.92 Å². The van der Waals surface area contributed by atoms with E-state index < -0.39 is 0 Å². The number of pyridine rings is 1. The van der Waals surface area contributed by atoms with Crippen molar-refractivity contribution in [2.24, 2.45) is 13.0 Å². The number of aromatic nitrogens is 5. The first kappa shape index (κ1) is 19.3. The second-order valence-corrected chi connectivity index (χ2v) is 9.01. The third-order valence-electron chi connectivity index (χ3n) is 6.34. The van der Waals surface area contributed by atoms with Crippen LogP contribution in [0.25, 0.3) is 16.6 Å². The number of hydrogen-bond donors (Lipinski definition) is 1. The van der Waals surface area contributed by atoms with Gasteiger partial charge in [0.05, 0.1) is 0 Å². The van der Waals surface area contributed by atoms with E-state index in [-0.39, 0.29) is 11.5 Å². The number of H-pyrrole nitrogens is 1. The van der Waals surface area contributed by atoms with E-state index in [1.54, 1.807) is 10.9 Å². The number of nitrogens with one attached hydrogen (secondary N) is 1. The summed E-state index contributed by atoms with van der Waals surface area (Å²) in [4.78, 5) is 16.5. The zero-order chi connectivity index (χ0) is 20.8. The van der Waals surface area contributed by atoms with Crippen LogP contribution in [-0.2, 0) is 13.5 Å². The fraction of sp³-hybridized carbons (Fsp3) is 0.348. The van der Waals surface area contributed by atoms with Gasteiger partial charge in [-0.1, -0.05) is 25.5 Å². The number of hydrogen-bond acceptors (Lipinski definition) is 3. The number of nitrogens with zero attached hydrogens (tertiary/aromatic N) is 4. The third-order valence-corrected chi connectivity index (χ3v) is 6.97. The molecule has 1 atom stereocenters. The predicted molar refractivity (Wildman–Crippen MR) is 121 cm³/mol. The van der Waals surface area contributed by atoms with Crippen LogP contribution in [-0.4, -0.2) is 24.3 Å². The fourth-order valence-electron chi connectivity index (χ4n) is 4.46. The van der Waals surface area contributed by atoms with Gasteiger partial charge in [0.15, 0.2) is 0 Å². The van der Waals surface area contributed by atoms with Gasteiger partial charge in [-0.15, -0.1) is 10.2 Å². The molecule has 1 aliphatic carbocycles. The number of benzene rings is 1. The highest BCUT2D eigenvalue weighted by atomic mass is 79.9. The van der Waals surface area contributed by atoms with Crippen LogP contribution in [0.2, 0.25) is 0 Å². The van der Waals surface area contributed by atoms with Crippen LogP contribution in [0.4, 0.5) is 0 Å². The molecule has 0 bridgehead atoms. The SMILES string of the molecule is CCc1cc2c(Br)cn(-c3cccc(C(c4nncn4C)C4CCC4)c3)c(=O)c2[nH]1. The summed E-state index contributed by atoms with van der Waals surface area (Å²) in [6.45, 7) is 2.08. The summed E-state index contributed by atoms with van der Waals surface area (Å²) in [6.07, 6.45) is 8.14. The van der Waals surface area contributed by atoms with E-state index in [0.29, 0.717) is 11.4 Å². The van der Waals surface area contributed by atoms with E-state index >= 15 is 0 Å². The van der Waals surface area contributed by atoms with Crippen LogP contribution in [0.1, 0.15) is 49.2 Å². The van der Waals surface area contributed by atoms with Crippen molar-refractivity contribution >= 4 is 26.8 Å². The molecule has 5 rings (SSSR count). The van der Waals surface area contributed by atoms with Gasteiger partial charge in [0.1, 0.15) is 17.7 Å². The summed E-state index contributed by atoms with van der Waals surface area (Å²) in [5.41, 5.74) is 3.69. The average molecular weight is 466 g/mol. The summed E-state index contributed by atoms with van der Waals surface area (Å²) in [6, 6.07) is 10.3. The quantitative estimate of drug-likeness (QED) is 0.464. The average Bonchev–Trinajstić information content (AvgIpc) is 3.34. The van der Waals surface area contributed by atoms with E-state index in [9.17, 15) is 4.79 Å². The molecule has 1 fully saturated rings. The molecule has 154 valence electrons. The molecule has 3 heterocycles. The van der Waals surface area contributed by atoms with Crippen molar-refractivity contribution in [3.05, 3.63) is 74.8 Å². The van der Waals surface area contributed by atoms with Gasteiger partial charge in [-0.05, 0) is 64.9 Å². The highest BCUT2D eigenvalue weighted by molar-refractivity contribution is 9.10. The second kappa shape index (κ2) is 7.54. The number of halogens is 1. The Morgan fingerprint density at radius 1 is 1.30 bits per heavy atom. The number of fused-ring (bicyclic) bond motifs is 1. The van der Waals surface area contributed by atoms with Crippen molar-refractivity contribution in [3.8, 4) is 5.69 Å². The van der Waals surface area contributed by atoms with Gasteiger partial charge in [0.25, 0.3) is 5.56 Å². The first-order valence-corrected chi connectivity index (χ1v) is 11.2. The molecular weight excluding hydrogens is 442 g/mol. The summed E-state index contributed by atoms with van der Waals surface area (Å²) in [7, 11) is 2.00. The van der Waals surface area contributed by atoms with Gasteiger partial charge < -0.3 is 9.55 Å². The maximum atomic E-state index is 13.3. The van der Waals surface area contributed by atoms with Gasteiger partial charge in [0, 0.05) is 40.4 Å². The zero-order valence-electron chi connectivity index (χ0n) is 17.1. The van der Waals surface area contributed by atoms with Crippen molar-refractivity contribution in [2.45, 2.75) is 38.5 Å². The standard InChI is InChI=1S/C23H24BrN5O/c1-3-16-11-18-19(24)12-29(23(30)21(18)26-16)17-9-5-8-15(10-17)20(14-6-4-7-14)22-27-25-13-28(22)2/h5,8-14,20,26H,3-4,6-7H2,1-2H3. The summed E-state index contributed by atoms with van der Waals surface area (Å²) in [5, 5.41) is 9.45.